The van der Waals surface area contributed by atoms with E-state index in [1.165, 1.54) is 6.08 Å². The Bertz CT molecular complexity index is 912. The third kappa shape index (κ3) is 4.74. The molecule has 1 aliphatic rings. The van der Waals surface area contributed by atoms with Gasteiger partial charge in [-0.1, -0.05) is 0 Å². The van der Waals surface area contributed by atoms with Gasteiger partial charge in [-0.2, -0.15) is 0 Å². The number of hydrogen-bond acceptors (Lipinski definition) is 7. The fourth-order valence-corrected chi connectivity index (χ4v) is 2.50. The Hall–Kier alpha value is -3.58. The van der Waals surface area contributed by atoms with Crippen LogP contribution >= 0.6 is 0 Å². The minimum atomic E-state index is -0.191. The molecule has 27 heavy (non-hydrogen) atoms. The van der Waals surface area contributed by atoms with Gasteiger partial charge in [0.25, 0.3) is 0 Å². The maximum Gasteiger partial charge on any atom is 0.204 e. The van der Waals surface area contributed by atoms with Gasteiger partial charge in [0, 0.05) is 29.7 Å². The van der Waals surface area contributed by atoms with E-state index in [9.17, 15) is 4.79 Å². The van der Waals surface area contributed by atoms with E-state index in [1.54, 1.807) is 54.6 Å². The summed E-state index contributed by atoms with van der Waals surface area (Å²) >= 11 is 0. The van der Waals surface area contributed by atoms with Crippen molar-refractivity contribution < 1.29 is 9.90 Å². The van der Waals surface area contributed by atoms with Crippen LogP contribution in [0.2, 0.25) is 0 Å². The average Bonchev–Trinajstić information content (AvgIpc) is 2.66. The summed E-state index contributed by atoms with van der Waals surface area (Å²) in [6.07, 6.45) is 3.14. The summed E-state index contributed by atoms with van der Waals surface area (Å²) in [6, 6.07) is 14.2. The van der Waals surface area contributed by atoms with Crippen LogP contribution in [-0.4, -0.2) is 29.8 Å². The summed E-state index contributed by atoms with van der Waals surface area (Å²) in [7, 11) is 0. The number of nitrogen functional groups attached to an aromatic ring is 2. The molecule has 0 saturated carbocycles. The summed E-state index contributed by atoms with van der Waals surface area (Å²) in [6.45, 7) is 0.259. The first-order valence-corrected chi connectivity index (χ1v) is 8.45. The van der Waals surface area contributed by atoms with E-state index in [-0.39, 0.29) is 12.4 Å². The number of nitrogens with one attached hydrogen (secondary N) is 2. The quantitative estimate of drug-likeness (QED) is 0.395. The highest BCUT2D eigenvalue weighted by Crippen LogP contribution is 2.21. The van der Waals surface area contributed by atoms with Crippen LogP contribution < -0.4 is 22.1 Å². The second-order valence-corrected chi connectivity index (χ2v) is 5.97. The highest BCUT2D eigenvalue weighted by molar-refractivity contribution is 6.23. The molecule has 0 aliphatic heterocycles. The Morgan fingerprint density at radius 2 is 1.52 bits per heavy atom. The molecule has 3 rings (SSSR count). The molecule has 0 saturated heterocycles. The standard InChI is InChI=1S/C20H21N5O2/c21-13-1-5-15(6-2-13)24-18-11-19(20(27)12-17(18)23-9-10-26)25-16-7-3-14(22)4-8-16/h1-8,11-12,23,25-26H,9-10,21-22H2. The third-order valence-corrected chi connectivity index (χ3v) is 3.86. The molecule has 2 aromatic rings. The predicted octanol–water partition coefficient (Wildman–Crippen LogP) is 1.97. The van der Waals surface area contributed by atoms with Crippen LogP contribution in [0.15, 0.2) is 77.1 Å². The lowest BCUT2D eigenvalue weighted by atomic mass is 10.0. The van der Waals surface area contributed by atoms with E-state index in [0.717, 1.165) is 5.69 Å². The third-order valence-electron chi connectivity index (χ3n) is 3.86. The van der Waals surface area contributed by atoms with Crippen molar-refractivity contribution in [2.24, 2.45) is 4.99 Å². The zero-order valence-corrected chi connectivity index (χ0v) is 14.6. The molecule has 0 aromatic heterocycles. The Kier molecular flexibility index (Phi) is 5.53. The molecule has 7 heteroatoms. The zero-order valence-electron chi connectivity index (χ0n) is 14.6. The Morgan fingerprint density at radius 3 is 2.15 bits per heavy atom. The van der Waals surface area contributed by atoms with Crippen LogP contribution in [0.4, 0.5) is 22.7 Å². The van der Waals surface area contributed by atoms with Crippen molar-refractivity contribution >= 4 is 34.2 Å². The molecule has 0 radical (unpaired) electrons. The van der Waals surface area contributed by atoms with Gasteiger partial charge in [-0.25, -0.2) is 4.99 Å². The summed E-state index contributed by atoms with van der Waals surface area (Å²) in [5, 5.41) is 15.2. The van der Waals surface area contributed by atoms with Crippen molar-refractivity contribution in [1.82, 2.24) is 5.32 Å². The largest absolute Gasteiger partial charge is 0.399 e. The molecule has 7 nitrogen and oxygen atoms in total. The Labute approximate surface area is 157 Å². The van der Waals surface area contributed by atoms with E-state index in [1.807, 2.05) is 0 Å². The second kappa shape index (κ2) is 8.20. The molecule has 0 unspecified atom stereocenters. The molecule has 2 aromatic carbocycles. The van der Waals surface area contributed by atoms with Gasteiger partial charge in [0.1, 0.15) is 0 Å². The molecule has 0 bridgehead atoms. The van der Waals surface area contributed by atoms with Crippen LogP contribution in [0.3, 0.4) is 0 Å². The molecule has 0 fully saturated rings. The number of aliphatic hydroxyl groups is 1. The number of aliphatic hydroxyl groups excluding tert-OH is 1. The molecule has 0 heterocycles. The number of carbonyl (C=O) groups excluding carboxylic acids is 1. The van der Waals surface area contributed by atoms with Crippen molar-refractivity contribution in [2.75, 3.05) is 29.9 Å². The molecule has 0 amide bonds. The number of carbonyl (C=O) groups is 1. The van der Waals surface area contributed by atoms with Gasteiger partial charge in [-0.15, -0.1) is 0 Å². The molecule has 0 atom stereocenters. The summed E-state index contributed by atoms with van der Waals surface area (Å²) in [4.78, 5) is 17.1. The smallest absolute Gasteiger partial charge is 0.204 e. The SMILES string of the molecule is Nc1ccc(N=C2C=C(Nc3ccc(N)cc3)C(=O)C=C2NCCO)cc1. The van der Waals surface area contributed by atoms with Crippen molar-refractivity contribution in [2.45, 2.75) is 0 Å². The van der Waals surface area contributed by atoms with E-state index in [4.69, 9.17) is 16.6 Å². The number of benzene rings is 2. The Morgan fingerprint density at radius 1 is 0.889 bits per heavy atom. The first-order valence-electron chi connectivity index (χ1n) is 8.45. The minimum absolute atomic E-state index is 0.0546. The monoisotopic (exact) mass is 363 g/mol. The van der Waals surface area contributed by atoms with Crippen molar-refractivity contribution in [3.63, 3.8) is 0 Å². The average molecular weight is 363 g/mol. The summed E-state index contributed by atoms with van der Waals surface area (Å²) in [5.41, 5.74) is 15.7. The lowest BCUT2D eigenvalue weighted by Gasteiger charge is -2.18. The predicted molar refractivity (Wildman–Crippen MR) is 109 cm³/mol. The van der Waals surface area contributed by atoms with Gasteiger partial charge in [0.2, 0.25) is 5.78 Å². The summed E-state index contributed by atoms with van der Waals surface area (Å²) in [5.74, 6) is -0.191. The summed E-state index contributed by atoms with van der Waals surface area (Å²) < 4.78 is 0. The maximum atomic E-state index is 12.5. The number of rotatable bonds is 6. The molecule has 0 spiro atoms. The maximum absolute atomic E-state index is 12.5. The molecular weight excluding hydrogens is 342 g/mol. The topological polar surface area (TPSA) is 126 Å². The van der Waals surface area contributed by atoms with Crippen LogP contribution in [0.25, 0.3) is 0 Å². The number of nitrogens with two attached hydrogens (primary N) is 2. The fourth-order valence-electron chi connectivity index (χ4n) is 2.50. The Balaban J connectivity index is 1.92. The lowest BCUT2D eigenvalue weighted by molar-refractivity contribution is -0.111. The minimum Gasteiger partial charge on any atom is -0.399 e. The number of aliphatic imine (C=N–C) groups is 1. The highest BCUT2D eigenvalue weighted by Gasteiger charge is 2.19. The van der Waals surface area contributed by atoms with Gasteiger partial charge in [0.05, 0.1) is 29.4 Å². The highest BCUT2D eigenvalue weighted by atomic mass is 16.3. The number of nitrogens with zero attached hydrogens (tertiary/aromatic N) is 1. The molecule has 138 valence electrons. The van der Waals surface area contributed by atoms with Crippen LogP contribution in [-0.2, 0) is 4.79 Å². The number of ketones is 1. The van der Waals surface area contributed by atoms with Crippen LogP contribution in [0.1, 0.15) is 0 Å². The van der Waals surface area contributed by atoms with Gasteiger partial charge in [0.15, 0.2) is 0 Å². The van der Waals surface area contributed by atoms with E-state index >= 15 is 0 Å². The van der Waals surface area contributed by atoms with E-state index in [0.29, 0.717) is 40.7 Å². The van der Waals surface area contributed by atoms with E-state index in [2.05, 4.69) is 15.6 Å². The van der Waals surface area contributed by atoms with Crippen molar-refractivity contribution in [3.8, 4) is 0 Å². The van der Waals surface area contributed by atoms with Crippen molar-refractivity contribution in [1.29, 1.82) is 0 Å². The number of hydrogen-bond donors (Lipinski definition) is 5. The fraction of sp³-hybridized carbons (Fsp3) is 0.100. The first kappa shape index (κ1) is 18.2. The number of anilines is 3. The second-order valence-electron chi connectivity index (χ2n) is 5.97. The lowest BCUT2D eigenvalue weighted by Crippen LogP contribution is -2.28. The van der Waals surface area contributed by atoms with Gasteiger partial charge >= 0.3 is 0 Å². The first-order chi connectivity index (χ1) is 13.0. The van der Waals surface area contributed by atoms with Gasteiger partial charge in [-0.05, 0) is 54.6 Å². The van der Waals surface area contributed by atoms with Crippen LogP contribution in [0, 0.1) is 0 Å². The van der Waals surface area contributed by atoms with Gasteiger partial charge < -0.3 is 27.2 Å². The van der Waals surface area contributed by atoms with E-state index < -0.39 is 0 Å². The van der Waals surface area contributed by atoms with Gasteiger partial charge in [-0.3, -0.25) is 4.79 Å². The molecule has 7 N–H and O–H groups in total. The number of allylic oxidation sites excluding steroid dienone is 2. The zero-order chi connectivity index (χ0) is 19.2. The normalized spacial score (nSPS) is 15.3. The molecule has 1 aliphatic carbocycles. The van der Waals surface area contributed by atoms with Crippen LogP contribution in [0.5, 0.6) is 0 Å². The van der Waals surface area contributed by atoms with Crippen molar-refractivity contribution in [3.05, 3.63) is 72.1 Å². The molecular formula is C20H21N5O2.